The minimum absolute atomic E-state index is 0.212. The van der Waals surface area contributed by atoms with Crippen LogP contribution in [0.2, 0.25) is 0 Å². The summed E-state index contributed by atoms with van der Waals surface area (Å²) in [4.78, 5) is 12.2. The molecule has 0 aliphatic carbocycles. The van der Waals surface area contributed by atoms with Crippen LogP contribution < -0.4 is 5.32 Å². The number of hydrogen-bond donors (Lipinski definition) is 1. The fraction of sp³-hybridized carbons (Fsp3) is 0.190. The zero-order chi connectivity index (χ0) is 18.1. The Hall–Kier alpha value is -3.21. The quantitative estimate of drug-likeness (QED) is 0.561. The van der Waals surface area contributed by atoms with Crippen molar-refractivity contribution in [2.24, 2.45) is 10.2 Å². The molecule has 26 heavy (non-hydrogen) atoms. The molecule has 0 saturated carbocycles. The van der Waals surface area contributed by atoms with Crippen molar-refractivity contribution in [2.45, 2.75) is 26.8 Å². The summed E-state index contributed by atoms with van der Waals surface area (Å²) in [6, 6.07) is 14.1. The molecule has 2 aromatic carbocycles. The van der Waals surface area contributed by atoms with E-state index in [1.165, 1.54) is 5.52 Å². The molecule has 5 heteroatoms. The Morgan fingerprint density at radius 3 is 2.88 bits per heavy atom. The molecule has 3 aromatic rings. The predicted molar refractivity (Wildman–Crippen MR) is 106 cm³/mol. The fourth-order valence-electron chi connectivity index (χ4n) is 3.32. The molecule has 0 radical (unpaired) electrons. The third kappa shape index (κ3) is 2.81. The third-order valence-electron chi connectivity index (χ3n) is 4.53. The molecule has 0 unspecified atom stereocenters. The van der Waals surface area contributed by atoms with E-state index in [1.807, 2.05) is 37.3 Å². The normalized spacial score (nSPS) is 15.2. The van der Waals surface area contributed by atoms with Gasteiger partial charge in [-0.2, -0.15) is 5.10 Å². The first kappa shape index (κ1) is 16.3. The zero-order valence-electron chi connectivity index (χ0n) is 14.9. The van der Waals surface area contributed by atoms with Crippen LogP contribution in [0.15, 0.2) is 58.9 Å². The number of nitrogens with zero attached hydrogens (tertiary/aromatic N) is 3. The van der Waals surface area contributed by atoms with E-state index >= 15 is 0 Å². The summed E-state index contributed by atoms with van der Waals surface area (Å²) in [7, 11) is 0. The number of aromatic nitrogens is 1. The summed E-state index contributed by atoms with van der Waals surface area (Å²) in [5.74, 6) is -0.212. The Morgan fingerprint density at radius 2 is 2.04 bits per heavy atom. The van der Waals surface area contributed by atoms with E-state index in [0.29, 0.717) is 5.71 Å². The van der Waals surface area contributed by atoms with Crippen LogP contribution in [0.4, 0.5) is 5.69 Å². The average molecular weight is 344 g/mol. The Balaban J connectivity index is 1.70. The second-order valence-electron chi connectivity index (χ2n) is 6.49. The van der Waals surface area contributed by atoms with Crippen LogP contribution in [0.3, 0.4) is 0 Å². The van der Waals surface area contributed by atoms with E-state index in [-0.39, 0.29) is 5.91 Å². The number of carbonyl (C=O) groups is 1. The van der Waals surface area contributed by atoms with Gasteiger partial charge in [-0.1, -0.05) is 36.8 Å². The van der Waals surface area contributed by atoms with Crippen molar-refractivity contribution in [1.82, 2.24) is 4.57 Å². The highest BCUT2D eigenvalue weighted by Crippen LogP contribution is 2.25. The third-order valence-corrected chi connectivity index (χ3v) is 4.53. The average Bonchev–Trinajstić information content (AvgIpc) is 3.14. The first-order valence-corrected chi connectivity index (χ1v) is 8.78. The molecule has 0 bridgehead atoms. The first-order chi connectivity index (χ1) is 12.7. The fourth-order valence-corrected chi connectivity index (χ4v) is 3.32. The molecule has 0 spiro atoms. The van der Waals surface area contributed by atoms with E-state index in [4.69, 9.17) is 0 Å². The van der Waals surface area contributed by atoms with Crippen LogP contribution in [-0.4, -0.2) is 22.4 Å². The van der Waals surface area contributed by atoms with Gasteiger partial charge < -0.3 is 9.88 Å². The number of para-hydroxylation sites is 1. The van der Waals surface area contributed by atoms with E-state index < -0.39 is 0 Å². The summed E-state index contributed by atoms with van der Waals surface area (Å²) in [5.41, 5.74) is 5.22. The van der Waals surface area contributed by atoms with E-state index in [0.717, 1.165) is 40.7 Å². The largest absolute Gasteiger partial charge is 0.347 e. The van der Waals surface area contributed by atoms with Crippen molar-refractivity contribution >= 4 is 34.4 Å². The zero-order valence-corrected chi connectivity index (χ0v) is 14.9. The number of anilines is 1. The lowest BCUT2D eigenvalue weighted by Gasteiger charge is -2.00. The van der Waals surface area contributed by atoms with Gasteiger partial charge in [-0.05, 0) is 31.5 Å². The standard InChI is InChI=1S/C21H20N4O/c1-3-10-25-13-15(16-6-4-5-7-19(16)25)12-22-24-20-17-11-14(2)8-9-18(17)23-21(20)26/h4-9,11-13H,3,10H2,1-2H3,(H,23,24,26)/b22-12+. The second-order valence-corrected chi connectivity index (χ2v) is 6.49. The van der Waals surface area contributed by atoms with Gasteiger partial charge in [0.05, 0.1) is 11.9 Å². The van der Waals surface area contributed by atoms with E-state index in [9.17, 15) is 4.79 Å². The lowest BCUT2D eigenvalue weighted by atomic mass is 10.1. The van der Waals surface area contributed by atoms with Gasteiger partial charge in [0, 0.05) is 34.8 Å². The van der Waals surface area contributed by atoms with E-state index in [2.05, 4.69) is 45.3 Å². The maximum atomic E-state index is 12.2. The van der Waals surface area contributed by atoms with Crippen molar-refractivity contribution in [3.63, 3.8) is 0 Å². The maximum absolute atomic E-state index is 12.2. The van der Waals surface area contributed by atoms with Gasteiger partial charge in [0.15, 0.2) is 5.71 Å². The second kappa shape index (κ2) is 6.59. The molecule has 1 amide bonds. The number of carbonyl (C=O) groups excluding carboxylic acids is 1. The van der Waals surface area contributed by atoms with Gasteiger partial charge >= 0.3 is 0 Å². The molecule has 5 nitrogen and oxygen atoms in total. The molecule has 0 atom stereocenters. The summed E-state index contributed by atoms with van der Waals surface area (Å²) in [6.07, 6.45) is 4.88. The highest BCUT2D eigenvalue weighted by atomic mass is 16.2. The molecular formula is C21H20N4O. The number of rotatable bonds is 4. The SMILES string of the molecule is CCCn1cc(/C=N/N=C2\C(=O)Nc3ccc(C)cc32)c2ccccc21. The Bertz CT molecular complexity index is 1060. The van der Waals surface area contributed by atoms with Crippen LogP contribution in [0.25, 0.3) is 10.9 Å². The minimum atomic E-state index is -0.212. The topological polar surface area (TPSA) is 58.8 Å². The first-order valence-electron chi connectivity index (χ1n) is 8.78. The molecule has 0 fully saturated rings. The monoisotopic (exact) mass is 344 g/mol. The smallest absolute Gasteiger partial charge is 0.276 e. The van der Waals surface area contributed by atoms with Gasteiger partial charge in [0.1, 0.15) is 0 Å². The van der Waals surface area contributed by atoms with Gasteiger partial charge in [-0.15, -0.1) is 5.10 Å². The Labute approximate surface area is 152 Å². The highest BCUT2D eigenvalue weighted by molar-refractivity contribution is 6.53. The van der Waals surface area contributed by atoms with Gasteiger partial charge in [0.25, 0.3) is 5.91 Å². The molecule has 1 aliphatic heterocycles. The van der Waals surface area contributed by atoms with Gasteiger partial charge in [-0.25, -0.2) is 0 Å². The van der Waals surface area contributed by atoms with Crippen LogP contribution >= 0.6 is 0 Å². The van der Waals surface area contributed by atoms with Crippen LogP contribution in [0, 0.1) is 6.92 Å². The molecule has 2 heterocycles. The molecule has 4 rings (SSSR count). The molecule has 1 N–H and O–H groups in total. The number of hydrogen-bond acceptors (Lipinski definition) is 3. The molecule has 130 valence electrons. The van der Waals surface area contributed by atoms with Crippen molar-refractivity contribution in [3.8, 4) is 0 Å². The van der Waals surface area contributed by atoms with E-state index in [1.54, 1.807) is 6.21 Å². The van der Waals surface area contributed by atoms with Crippen molar-refractivity contribution in [2.75, 3.05) is 5.32 Å². The van der Waals surface area contributed by atoms with Crippen molar-refractivity contribution < 1.29 is 4.79 Å². The Morgan fingerprint density at radius 1 is 1.19 bits per heavy atom. The predicted octanol–water partition coefficient (Wildman–Crippen LogP) is 4.14. The highest BCUT2D eigenvalue weighted by Gasteiger charge is 2.25. The minimum Gasteiger partial charge on any atom is -0.347 e. The van der Waals surface area contributed by atoms with Crippen LogP contribution in [-0.2, 0) is 11.3 Å². The lowest BCUT2D eigenvalue weighted by Crippen LogP contribution is -2.13. The Kier molecular flexibility index (Phi) is 4.13. The molecule has 1 aliphatic rings. The number of amides is 1. The lowest BCUT2D eigenvalue weighted by molar-refractivity contribution is -0.110. The molecule has 0 saturated heterocycles. The summed E-state index contributed by atoms with van der Waals surface area (Å²) in [6.45, 7) is 5.11. The number of benzene rings is 2. The van der Waals surface area contributed by atoms with Crippen molar-refractivity contribution in [3.05, 3.63) is 65.4 Å². The number of nitrogens with one attached hydrogen (secondary N) is 1. The summed E-state index contributed by atoms with van der Waals surface area (Å²) < 4.78 is 2.23. The molecule has 1 aromatic heterocycles. The maximum Gasteiger partial charge on any atom is 0.276 e. The number of aryl methyl sites for hydroxylation is 2. The van der Waals surface area contributed by atoms with Crippen LogP contribution in [0.1, 0.15) is 30.0 Å². The van der Waals surface area contributed by atoms with Gasteiger partial charge in [-0.3, -0.25) is 4.79 Å². The van der Waals surface area contributed by atoms with Crippen LogP contribution in [0.5, 0.6) is 0 Å². The summed E-state index contributed by atoms with van der Waals surface area (Å²) >= 11 is 0. The van der Waals surface area contributed by atoms with Crippen molar-refractivity contribution in [1.29, 1.82) is 0 Å². The van der Waals surface area contributed by atoms with Gasteiger partial charge in [0.2, 0.25) is 0 Å². The molecular weight excluding hydrogens is 324 g/mol. The summed E-state index contributed by atoms with van der Waals surface area (Å²) in [5, 5.41) is 12.4. The number of fused-ring (bicyclic) bond motifs is 2.